The highest BCUT2D eigenvalue weighted by Crippen LogP contribution is 2.34. The van der Waals surface area contributed by atoms with Gasteiger partial charge in [0.15, 0.2) is 0 Å². The van der Waals surface area contributed by atoms with Crippen molar-refractivity contribution in [2.45, 2.75) is 23.5 Å². The van der Waals surface area contributed by atoms with Crippen LogP contribution in [0.3, 0.4) is 0 Å². The molecule has 96 valence electrons. The molecule has 0 saturated carbocycles. The molecule has 3 heteroatoms. The Labute approximate surface area is 116 Å². The zero-order valence-corrected chi connectivity index (χ0v) is 11.2. The van der Waals surface area contributed by atoms with Crippen molar-refractivity contribution >= 4 is 17.7 Å². The molecule has 0 bridgehead atoms. The van der Waals surface area contributed by atoms with Gasteiger partial charge in [-0.1, -0.05) is 36.4 Å². The van der Waals surface area contributed by atoms with Crippen LogP contribution in [0, 0.1) is 0 Å². The highest BCUT2D eigenvalue weighted by molar-refractivity contribution is 7.98. The summed E-state index contributed by atoms with van der Waals surface area (Å²) in [6, 6.07) is 14.5. The minimum absolute atomic E-state index is 0.0968. The van der Waals surface area contributed by atoms with Crippen molar-refractivity contribution in [3.05, 3.63) is 64.7 Å². The molecule has 1 aliphatic rings. The smallest absolute Gasteiger partial charge is 0.307 e. The van der Waals surface area contributed by atoms with Crippen LogP contribution in [0.15, 0.2) is 47.4 Å². The van der Waals surface area contributed by atoms with E-state index in [1.54, 1.807) is 0 Å². The van der Waals surface area contributed by atoms with Crippen LogP contribution in [0.5, 0.6) is 0 Å². The van der Waals surface area contributed by atoms with Crippen LogP contribution >= 0.6 is 11.8 Å². The number of carboxylic acid groups (broad SMARTS) is 1. The summed E-state index contributed by atoms with van der Waals surface area (Å²) in [4.78, 5) is 12.1. The molecule has 2 aromatic rings. The molecule has 1 N–H and O–H groups in total. The van der Waals surface area contributed by atoms with Crippen LogP contribution in [-0.2, 0) is 23.4 Å². The number of hydrogen-bond acceptors (Lipinski definition) is 2. The second-order valence-corrected chi connectivity index (χ2v) is 5.76. The Hall–Kier alpha value is -1.74. The van der Waals surface area contributed by atoms with Crippen LogP contribution < -0.4 is 0 Å². The summed E-state index contributed by atoms with van der Waals surface area (Å²) in [6.07, 6.45) is 0.992. The van der Waals surface area contributed by atoms with Crippen LogP contribution in [0.25, 0.3) is 0 Å². The molecule has 0 radical (unpaired) electrons. The molecule has 0 spiro atoms. The van der Waals surface area contributed by atoms with E-state index in [4.69, 9.17) is 5.11 Å². The summed E-state index contributed by atoms with van der Waals surface area (Å²) in [5.41, 5.74) is 4.85. The van der Waals surface area contributed by atoms with E-state index >= 15 is 0 Å². The first-order chi connectivity index (χ1) is 9.22. The zero-order valence-electron chi connectivity index (χ0n) is 10.4. The average molecular weight is 270 g/mol. The summed E-state index contributed by atoms with van der Waals surface area (Å²) in [6.45, 7) is 0. The first-order valence-electron chi connectivity index (χ1n) is 6.25. The Morgan fingerprint density at radius 2 is 1.89 bits per heavy atom. The second kappa shape index (κ2) is 5.10. The predicted molar refractivity (Wildman–Crippen MR) is 76.6 cm³/mol. The fraction of sp³-hybridized carbons (Fsp3) is 0.188. The van der Waals surface area contributed by atoms with E-state index in [-0.39, 0.29) is 6.42 Å². The molecule has 19 heavy (non-hydrogen) atoms. The van der Waals surface area contributed by atoms with Crippen molar-refractivity contribution in [1.29, 1.82) is 0 Å². The summed E-state index contributed by atoms with van der Waals surface area (Å²) >= 11 is 1.83. The molecule has 0 amide bonds. The van der Waals surface area contributed by atoms with Crippen molar-refractivity contribution in [1.82, 2.24) is 0 Å². The number of rotatable bonds is 2. The van der Waals surface area contributed by atoms with Crippen LogP contribution in [0.2, 0.25) is 0 Å². The third-order valence-corrected chi connectivity index (χ3v) is 4.53. The number of hydrogen-bond donors (Lipinski definition) is 1. The molecule has 0 saturated heterocycles. The Balaban J connectivity index is 1.97. The molecular formula is C16H14O2S. The molecule has 0 aromatic heterocycles. The summed E-state index contributed by atoms with van der Waals surface area (Å²) in [5, 5.41) is 8.88. The van der Waals surface area contributed by atoms with Crippen molar-refractivity contribution in [3.8, 4) is 0 Å². The summed E-state index contributed by atoms with van der Waals surface area (Å²) in [7, 11) is 0. The van der Waals surface area contributed by atoms with Crippen molar-refractivity contribution < 1.29 is 9.90 Å². The molecule has 1 aliphatic heterocycles. The van der Waals surface area contributed by atoms with E-state index in [0.29, 0.717) is 0 Å². The summed E-state index contributed by atoms with van der Waals surface area (Å²) in [5.74, 6) is 0.211. The van der Waals surface area contributed by atoms with Crippen molar-refractivity contribution in [3.63, 3.8) is 0 Å². The van der Waals surface area contributed by atoms with Crippen molar-refractivity contribution in [2.24, 2.45) is 0 Å². The number of fused-ring (bicyclic) bond motifs is 2. The molecule has 0 unspecified atom stereocenters. The molecule has 0 atom stereocenters. The third kappa shape index (κ3) is 2.66. The van der Waals surface area contributed by atoms with E-state index in [0.717, 1.165) is 17.7 Å². The fourth-order valence-electron chi connectivity index (χ4n) is 2.43. The van der Waals surface area contributed by atoms with Gasteiger partial charge in [-0.25, -0.2) is 0 Å². The van der Waals surface area contributed by atoms with Gasteiger partial charge in [-0.05, 0) is 34.7 Å². The minimum Gasteiger partial charge on any atom is -0.481 e. The van der Waals surface area contributed by atoms with E-state index in [2.05, 4.69) is 30.3 Å². The molecule has 0 aliphatic carbocycles. The zero-order chi connectivity index (χ0) is 13.2. The van der Waals surface area contributed by atoms with Gasteiger partial charge in [-0.15, -0.1) is 11.8 Å². The van der Waals surface area contributed by atoms with Gasteiger partial charge in [-0.3, -0.25) is 4.79 Å². The topological polar surface area (TPSA) is 37.3 Å². The Morgan fingerprint density at radius 3 is 2.68 bits per heavy atom. The SMILES string of the molecule is O=C(O)Cc1ccc2c(c1)Cc1ccccc1CS2. The second-order valence-electron chi connectivity index (χ2n) is 4.75. The number of carbonyl (C=O) groups is 1. The highest BCUT2D eigenvalue weighted by Gasteiger charge is 2.14. The average Bonchev–Trinajstić information content (AvgIpc) is 2.56. The predicted octanol–water partition coefficient (Wildman–Crippen LogP) is 3.51. The van der Waals surface area contributed by atoms with E-state index in [1.165, 1.54) is 21.6 Å². The van der Waals surface area contributed by atoms with Gasteiger partial charge in [0.2, 0.25) is 0 Å². The van der Waals surface area contributed by atoms with Gasteiger partial charge in [0.1, 0.15) is 0 Å². The minimum atomic E-state index is -0.776. The maximum Gasteiger partial charge on any atom is 0.307 e. The molecule has 0 fully saturated rings. The Morgan fingerprint density at radius 1 is 1.11 bits per heavy atom. The number of aliphatic carboxylic acids is 1. The molecule has 2 aromatic carbocycles. The standard InChI is InChI=1S/C16H14O2S/c17-16(18)8-11-5-6-15-14(7-11)9-12-3-1-2-4-13(12)10-19-15/h1-7H,8-10H2,(H,17,18). The third-order valence-electron chi connectivity index (χ3n) is 3.36. The maximum atomic E-state index is 10.8. The lowest BCUT2D eigenvalue weighted by molar-refractivity contribution is -0.136. The monoisotopic (exact) mass is 270 g/mol. The van der Waals surface area contributed by atoms with E-state index in [1.807, 2.05) is 23.9 Å². The van der Waals surface area contributed by atoms with E-state index < -0.39 is 5.97 Å². The first kappa shape index (κ1) is 12.3. The Kier molecular flexibility index (Phi) is 3.30. The molecule has 3 rings (SSSR count). The number of benzene rings is 2. The lowest BCUT2D eigenvalue weighted by Crippen LogP contribution is -2.01. The van der Waals surface area contributed by atoms with Crippen LogP contribution in [0.4, 0.5) is 0 Å². The number of carboxylic acids is 1. The lowest BCUT2D eigenvalue weighted by Gasteiger charge is -2.07. The molecule has 1 heterocycles. The Bertz CT molecular complexity index is 634. The van der Waals surface area contributed by atoms with Gasteiger partial charge >= 0.3 is 5.97 Å². The fourth-order valence-corrected chi connectivity index (χ4v) is 3.50. The number of thioether (sulfide) groups is 1. The van der Waals surface area contributed by atoms with Crippen LogP contribution in [0.1, 0.15) is 22.3 Å². The van der Waals surface area contributed by atoms with Gasteiger partial charge in [0, 0.05) is 10.6 Å². The maximum absolute atomic E-state index is 10.8. The normalized spacial score (nSPS) is 13.3. The van der Waals surface area contributed by atoms with E-state index in [9.17, 15) is 4.79 Å². The first-order valence-corrected chi connectivity index (χ1v) is 7.24. The lowest BCUT2D eigenvalue weighted by atomic mass is 9.99. The largest absolute Gasteiger partial charge is 0.481 e. The van der Waals surface area contributed by atoms with Gasteiger partial charge < -0.3 is 5.11 Å². The van der Waals surface area contributed by atoms with Gasteiger partial charge in [0.05, 0.1) is 6.42 Å². The summed E-state index contributed by atoms with van der Waals surface area (Å²) < 4.78 is 0. The molecule has 2 nitrogen and oxygen atoms in total. The molecular weight excluding hydrogens is 256 g/mol. The van der Waals surface area contributed by atoms with Gasteiger partial charge in [0.25, 0.3) is 0 Å². The van der Waals surface area contributed by atoms with Crippen molar-refractivity contribution in [2.75, 3.05) is 0 Å². The highest BCUT2D eigenvalue weighted by atomic mass is 32.2. The quantitative estimate of drug-likeness (QED) is 0.907. The van der Waals surface area contributed by atoms with Crippen LogP contribution in [-0.4, -0.2) is 11.1 Å². The van der Waals surface area contributed by atoms with Gasteiger partial charge in [-0.2, -0.15) is 0 Å².